The zero-order valence-corrected chi connectivity index (χ0v) is 12.0. The molecule has 4 aliphatic rings. The zero-order valence-electron chi connectivity index (χ0n) is 12.0. The molecule has 0 amide bonds. The molecule has 0 saturated heterocycles. The smallest absolute Gasteiger partial charge is 0.346 e. The number of hydrogen-bond donors (Lipinski definition) is 0. The molecule has 0 N–H and O–H groups in total. The quantitative estimate of drug-likeness (QED) is 0.801. The highest BCUT2D eigenvalue weighted by Gasteiger charge is 2.53. The molecule has 0 aliphatic heterocycles. The van der Waals surface area contributed by atoms with Crippen LogP contribution in [0.25, 0.3) is 10.9 Å². The van der Waals surface area contributed by atoms with Gasteiger partial charge in [0.1, 0.15) is 0 Å². The van der Waals surface area contributed by atoms with Gasteiger partial charge in [0.15, 0.2) is 0 Å². The van der Waals surface area contributed by atoms with Crippen LogP contribution in [-0.4, -0.2) is 4.98 Å². The van der Waals surface area contributed by atoms with Crippen LogP contribution in [0.1, 0.15) is 44.4 Å². The zero-order chi connectivity index (χ0) is 14.0. The van der Waals surface area contributed by atoms with Crippen LogP contribution in [0.3, 0.4) is 0 Å². The summed E-state index contributed by atoms with van der Waals surface area (Å²) in [6, 6.07) is 7.54. The lowest BCUT2D eigenvalue weighted by molar-refractivity contribution is -0.0193. The maximum Gasteiger partial charge on any atom is 0.346 e. The Bertz CT molecular complexity index is 741. The Balaban J connectivity index is 1.69. The third-order valence-corrected chi connectivity index (χ3v) is 6.03. The number of para-hydroxylation sites is 1. The van der Waals surface area contributed by atoms with Crippen LogP contribution < -0.4 is 5.63 Å². The van der Waals surface area contributed by atoms with E-state index in [4.69, 9.17) is 9.40 Å². The second-order valence-electron chi connectivity index (χ2n) is 7.52. The van der Waals surface area contributed by atoms with Gasteiger partial charge in [-0.15, -0.1) is 0 Å². The molecule has 0 atom stereocenters. The first-order valence-electron chi connectivity index (χ1n) is 8.12. The van der Waals surface area contributed by atoms with Gasteiger partial charge < -0.3 is 4.42 Å². The van der Waals surface area contributed by atoms with Crippen LogP contribution in [0, 0.1) is 17.8 Å². The Kier molecular flexibility index (Phi) is 2.26. The SMILES string of the molecule is O=c1oc(C23CC4CC(CC(C4)C2)C3)nc2ccccc12. The molecule has 3 nitrogen and oxygen atoms in total. The molecule has 21 heavy (non-hydrogen) atoms. The fourth-order valence-corrected chi connectivity index (χ4v) is 5.62. The predicted octanol–water partition coefficient (Wildman–Crippen LogP) is 3.66. The minimum Gasteiger partial charge on any atom is -0.407 e. The second-order valence-corrected chi connectivity index (χ2v) is 7.52. The Labute approximate surface area is 123 Å². The van der Waals surface area contributed by atoms with Crippen molar-refractivity contribution in [3.63, 3.8) is 0 Å². The predicted molar refractivity (Wildman–Crippen MR) is 80.1 cm³/mol. The molecule has 4 saturated carbocycles. The molecule has 108 valence electrons. The van der Waals surface area contributed by atoms with Crippen molar-refractivity contribution in [2.75, 3.05) is 0 Å². The molecule has 1 heterocycles. The summed E-state index contributed by atoms with van der Waals surface area (Å²) in [5.41, 5.74) is 0.628. The fraction of sp³-hybridized carbons (Fsp3) is 0.556. The highest BCUT2D eigenvalue weighted by Crippen LogP contribution is 2.60. The molecule has 6 rings (SSSR count). The molecule has 4 fully saturated rings. The molecule has 4 aliphatic carbocycles. The lowest BCUT2D eigenvalue weighted by Gasteiger charge is -2.55. The van der Waals surface area contributed by atoms with Gasteiger partial charge in [-0.2, -0.15) is 0 Å². The number of aromatic nitrogens is 1. The number of fused-ring (bicyclic) bond motifs is 1. The Morgan fingerprint density at radius 3 is 2.29 bits per heavy atom. The van der Waals surface area contributed by atoms with Gasteiger partial charge in [-0.05, 0) is 68.4 Å². The summed E-state index contributed by atoms with van der Waals surface area (Å²) < 4.78 is 5.71. The van der Waals surface area contributed by atoms with E-state index in [1.165, 1.54) is 38.5 Å². The van der Waals surface area contributed by atoms with Crippen LogP contribution >= 0.6 is 0 Å². The molecule has 0 radical (unpaired) electrons. The Morgan fingerprint density at radius 2 is 1.62 bits per heavy atom. The summed E-state index contributed by atoms with van der Waals surface area (Å²) in [5, 5.41) is 0.603. The third kappa shape index (κ3) is 1.66. The van der Waals surface area contributed by atoms with Crippen LogP contribution in [0.2, 0.25) is 0 Å². The van der Waals surface area contributed by atoms with Gasteiger partial charge >= 0.3 is 5.63 Å². The van der Waals surface area contributed by atoms with Crippen molar-refractivity contribution in [2.24, 2.45) is 17.8 Å². The number of rotatable bonds is 1. The van der Waals surface area contributed by atoms with Gasteiger partial charge in [-0.1, -0.05) is 12.1 Å². The molecule has 3 heteroatoms. The minimum atomic E-state index is -0.216. The van der Waals surface area contributed by atoms with E-state index in [0.29, 0.717) is 5.39 Å². The van der Waals surface area contributed by atoms with Gasteiger partial charge in [0.2, 0.25) is 5.89 Å². The average Bonchev–Trinajstić information content (AvgIpc) is 2.46. The Hall–Kier alpha value is -1.64. The lowest BCUT2D eigenvalue weighted by atomic mass is 9.49. The monoisotopic (exact) mass is 281 g/mol. The minimum absolute atomic E-state index is 0.0535. The topological polar surface area (TPSA) is 43.1 Å². The van der Waals surface area contributed by atoms with Gasteiger partial charge in [-0.25, -0.2) is 9.78 Å². The first-order valence-corrected chi connectivity index (χ1v) is 8.12. The third-order valence-electron chi connectivity index (χ3n) is 6.03. The van der Waals surface area contributed by atoms with E-state index in [2.05, 4.69) is 0 Å². The second kappa shape index (κ2) is 3.96. The van der Waals surface area contributed by atoms with Gasteiger partial charge in [0.25, 0.3) is 0 Å². The lowest BCUT2D eigenvalue weighted by Crippen LogP contribution is -2.49. The molecular weight excluding hydrogens is 262 g/mol. The summed E-state index contributed by atoms with van der Waals surface area (Å²) in [5.74, 6) is 3.21. The average molecular weight is 281 g/mol. The van der Waals surface area contributed by atoms with Crippen LogP contribution in [0.5, 0.6) is 0 Å². The van der Waals surface area contributed by atoms with E-state index in [1.807, 2.05) is 18.2 Å². The Morgan fingerprint density at radius 1 is 1.00 bits per heavy atom. The summed E-state index contributed by atoms with van der Waals surface area (Å²) >= 11 is 0. The molecule has 0 unspecified atom stereocenters. The van der Waals surface area contributed by atoms with E-state index >= 15 is 0 Å². The molecule has 0 spiro atoms. The van der Waals surface area contributed by atoms with Crippen LogP contribution in [-0.2, 0) is 5.41 Å². The van der Waals surface area contributed by atoms with E-state index in [0.717, 1.165) is 29.2 Å². The van der Waals surface area contributed by atoms with Crippen molar-refractivity contribution in [3.05, 3.63) is 40.6 Å². The van der Waals surface area contributed by atoms with E-state index in [9.17, 15) is 4.79 Å². The standard InChI is InChI=1S/C18H19NO2/c20-16-14-3-1-2-4-15(14)19-17(21-16)18-8-11-5-12(9-18)7-13(6-11)10-18/h1-4,11-13H,5-10H2. The number of hydrogen-bond acceptors (Lipinski definition) is 3. The van der Waals surface area contributed by atoms with Crippen LogP contribution in [0.4, 0.5) is 0 Å². The molecule has 4 bridgehead atoms. The van der Waals surface area contributed by atoms with Crippen molar-refractivity contribution in [1.29, 1.82) is 0 Å². The largest absolute Gasteiger partial charge is 0.407 e. The molecule has 2 aromatic rings. The van der Waals surface area contributed by atoms with Gasteiger partial charge in [-0.3, -0.25) is 0 Å². The van der Waals surface area contributed by atoms with Crippen molar-refractivity contribution < 1.29 is 4.42 Å². The molecular formula is C18H19NO2. The summed E-state index contributed by atoms with van der Waals surface area (Å²) in [7, 11) is 0. The maximum atomic E-state index is 12.3. The summed E-state index contributed by atoms with van der Waals surface area (Å²) in [6.07, 6.45) is 7.68. The summed E-state index contributed by atoms with van der Waals surface area (Å²) in [4.78, 5) is 17.0. The molecule has 1 aromatic heterocycles. The van der Waals surface area contributed by atoms with E-state index in [-0.39, 0.29) is 11.0 Å². The summed E-state index contributed by atoms with van der Waals surface area (Å²) in [6.45, 7) is 0. The van der Waals surface area contributed by atoms with Crippen molar-refractivity contribution in [3.8, 4) is 0 Å². The number of benzene rings is 1. The normalized spacial score (nSPS) is 37.2. The van der Waals surface area contributed by atoms with Crippen molar-refractivity contribution in [1.82, 2.24) is 4.98 Å². The first-order chi connectivity index (χ1) is 10.2. The van der Waals surface area contributed by atoms with Gasteiger partial charge in [0, 0.05) is 5.41 Å². The maximum absolute atomic E-state index is 12.3. The highest BCUT2D eigenvalue weighted by atomic mass is 16.4. The van der Waals surface area contributed by atoms with Gasteiger partial charge in [0.05, 0.1) is 10.9 Å². The number of nitrogens with zero attached hydrogens (tertiary/aromatic N) is 1. The van der Waals surface area contributed by atoms with Crippen molar-refractivity contribution >= 4 is 10.9 Å². The highest BCUT2D eigenvalue weighted by molar-refractivity contribution is 5.76. The van der Waals surface area contributed by atoms with Crippen LogP contribution in [0.15, 0.2) is 33.5 Å². The van der Waals surface area contributed by atoms with E-state index < -0.39 is 0 Å². The fourth-order valence-electron chi connectivity index (χ4n) is 5.62. The molecule has 1 aromatic carbocycles. The first kappa shape index (κ1) is 12.0. The van der Waals surface area contributed by atoms with Crippen molar-refractivity contribution in [2.45, 2.75) is 43.9 Å². The van der Waals surface area contributed by atoms with E-state index in [1.54, 1.807) is 6.07 Å².